The molecular formula is C12H10N2O3S2. The lowest BCUT2D eigenvalue weighted by molar-refractivity contribution is -0.131. The van der Waals surface area contributed by atoms with Crippen LogP contribution in [-0.4, -0.2) is 22.0 Å². The summed E-state index contributed by atoms with van der Waals surface area (Å²) in [5.41, 5.74) is 2.31. The Labute approximate surface area is 117 Å². The zero-order valence-corrected chi connectivity index (χ0v) is 11.3. The Morgan fingerprint density at radius 3 is 2.95 bits per heavy atom. The first kappa shape index (κ1) is 13.4. The van der Waals surface area contributed by atoms with Gasteiger partial charge in [-0.15, -0.1) is 22.7 Å². The quantitative estimate of drug-likeness (QED) is 0.829. The highest BCUT2D eigenvalue weighted by Gasteiger charge is 2.11. The first-order valence-corrected chi connectivity index (χ1v) is 7.07. The fourth-order valence-corrected chi connectivity index (χ4v) is 2.71. The zero-order valence-electron chi connectivity index (χ0n) is 9.70. The van der Waals surface area contributed by atoms with Crippen molar-refractivity contribution in [1.82, 2.24) is 10.3 Å². The van der Waals surface area contributed by atoms with E-state index in [1.807, 2.05) is 0 Å². The molecule has 5 nitrogen and oxygen atoms in total. The zero-order chi connectivity index (χ0) is 13.7. The Hall–Kier alpha value is -1.99. The van der Waals surface area contributed by atoms with E-state index in [1.165, 1.54) is 28.7 Å². The Morgan fingerprint density at radius 1 is 1.42 bits per heavy atom. The summed E-state index contributed by atoms with van der Waals surface area (Å²) < 4.78 is 0. The molecule has 1 amide bonds. The summed E-state index contributed by atoms with van der Waals surface area (Å²) in [5, 5.41) is 13.1. The minimum absolute atomic E-state index is 0.214. The van der Waals surface area contributed by atoms with Gasteiger partial charge < -0.3 is 10.4 Å². The molecule has 0 aliphatic rings. The number of amides is 1. The van der Waals surface area contributed by atoms with Crippen LogP contribution in [0.2, 0.25) is 0 Å². The van der Waals surface area contributed by atoms with Crippen molar-refractivity contribution in [2.75, 3.05) is 0 Å². The molecule has 0 atom stereocenters. The second kappa shape index (κ2) is 6.26. The van der Waals surface area contributed by atoms with Gasteiger partial charge in [0.2, 0.25) is 0 Å². The third kappa shape index (κ3) is 3.73. The van der Waals surface area contributed by atoms with E-state index >= 15 is 0 Å². The minimum atomic E-state index is -1.04. The molecule has 2 aromatic heterocycles. The average Bonchev–Trinajstić information content (AvgIpc) is 3.04. The molecule has 0 unspecified atom stereocenters. The minimum Gasteiger partial charge on any atom is -0.478 e. The number of hydrogen-bond donors (Lipinski definition) is 2. The number of nitrogens with one attached hydrogen (secondary N) is 1. The lowest BCUT2D eigenvalue weighted by Gasteiger charge is -2.02. The molecule has 0 aliphatic heterocycles. The van der Waals surface area contributed by atoms with E-state index in [0.29, 0.717) is 17.0 Å². The molecule has 0 saturated carbocycles. The van der Waals surface area contributed by atoms with E-state index in [4.69, 9.17) is 5.11 Å². The number of carboxylic acids is 1. The Kier molecular flexibility index (Phi) is 4.43. The van der Waals surface area contributed by atoms with Crippen molar-refractivity contribution < 1.29 is 14.7 Å². The van der Waals surface area contributed by atoms with Crippen LogP contribution in [0.15, 0.2) is 29.2 Å². The van der Waals surface area contributed by atoms with Crippen LogP contribution in [0.1, 0.15) is 20.1 Å². The summed E-state index contributed by atoms with van der Waals surface area (Å²) in [6.07, 6.45) is 4.13. The summed E-state index contributed by atoms with van der Waals surface area (Å²) in [4.78, 5) is 27.8. The molecule has 0 bridgehead atoms. The number of thiazole rings is 1. The summed E-state index contributed by atoms with van der Waals surface area (Å²) in [7, 11) is 0. The van der Waals surface area contributed by atoms with Crippen LogP contribution in [0.3, 0.4) is 0 Å². The van der Waals surface area contributed by atoms with Gasteiger partial charge in [0, 0.05) is 17.2 Å². The van der Waals surface area contributed by atoms with E-state index in [-0.39, 0.29) is 5.91 Å². The van der Waals surface area contributed by atoms with Crippen molar-refractivity contribution in [3.63, 3.8) is 0 Å². The number of rotatable bonds is 5. The van der Waals surface area contributed by atoms with Crippen LogP contribution in [0.25, 0.3) is 6.08 Å². The standard InChI is InChI=1S/C12H10N2O3S2/c15-10(16)2-1-8-3-4-18-11(8)12(17)14-6-9-5-13-7-19-9/h1-5,7H,6H2,(H,14,17)(H,15,16)/b2-1+. The van der Waals surface area contributed by atoms with E-state index in [1.54, 1.807) is 23.2 Å². The molecule has 2 rings (SSSR count). The van der Waals surface area contributed by atoms with Gasteiger partial charge in [-0.05, 0) is 23.1 Å². The molecule has 0 aliphatic carbocycles. The average molecular weight is 294 g/mol. The fourth-order valence-electron chi connectivity index (χ4n) is 1.37. The van der Waals surface area contributed by atoms with Crippen LogP contribution in [-0.2, 0) is 11.3 Å². The molecule has 2 heterocycles. The topological polar surface area (TPSA) is 79.3 Å². The number of carbonyl (C=O) groups excluding carboxylic acids is 1. The molecular weight excluding hydrogens is 284 g/mol. The van der Waals surface area contributed by atoms with E-state index in [9.17, 15) is 9.59 Å². The second-order valence-electron chi connectivity index (χ2n) is 3.53. The molecule has 19 heavy (non-hydrogen) atoms. The van der Waals surface area contributed by atoms with Crippen LogP contribution in [0.5, 0.6) is 0 Å². The maximum Gasteiger partial charge on any atom is 0.328 e. The predicted molar refractivity (Wildman–Crippen MR) is 74.3 cm³/mol. The van der Waals surface area contributed by atoms with Crippen molar-refractivity contribution in [3.05, 3.63) is 44.5 Å². The first-order valence-electron chi connectivity index (χ1n) is 5.31. The van der Waals surface area contributed by atoms with Gasteiger partial charge in [0.1, 0.15) is 0 Å². The third-order valence-corrected chi connectivity index (χ3v) is 3.92. The third-order valence-electron chi connectivity index (χ3n) is 2.21. The molecule has 0 aromatic carbocycles. The molecule has 0 spiro atoms. The van der Waals surface area contributed by atoms with Gasteiger partial charge in [-0.3, -0.25) is 9.78 Å². The SMILES string of the molecule is O=C(O)/C=C/c1ccsc1C(=O)NCc1cncs1. The molecule has 2 aromatic rings. The van der Waals surface area contributed by atoms with E-state index < -0.39 is 5.97 Å². The number of carbonyl (C=O) groups is 2. The summed E-state index contributed by atoms with van der Waals surface area (Å²) in [6, 6.07) is 1.71. The number of hydrogen-bond acceptors (Lipinski definition) is 5. The summed E-state index contributed by atoms with van der Waals surface area (Å²) in [6.45, 7) is 0.420. The monoisotopic (exact) mass is 294 g/mol. The fraction of sp³-hybridized carbons (Fsp3) is 0.0833. The molecule has 0 fully saturated rings. The van der Waals surface area contributed by atoms with Crippen LogP contribution >= 0.6 is 22.7 Å². The molecule has 98 valence electrons. The normalized spacial score (nSPS) is 10.7. The molecule has 2 N–H and O–H groups in total. The highest BCUT2D eigenvalue weighted by Crippen LogP contribution is 2.18. The van der Waals surface area contributed by atoms with Crippen LogP contribution in [0, 0.1) is 0 Å². The van der Waals surface area contributed by atoms with Gasteiger partial charge in [0.15, 0.2) is 0 Å². The van der Waals surface area contributed by atoms with Crippen LogP contribution in [0.4, 0.5) is 0 Å². The lowest BCUT2D eigenvalue weighted by atomic mass is 10.2. The number of aliphatic carboxylic acids is 1. The van der Waals surface area contributed by atoms with Gasteiger partial charge in [-0.2, -0.15) is 0 Å². The van der Waals surface area contributed by atoms with Crippen LogP contribution < -0.4 is 5.32 Å². The van der Waals surface area contributed by atoms with Crippen molar-refractivity contribution in [1.29, 1.82) is 0 Å². The van der Waals surface area contributed by atoms with Crippen molar-refractivity contribution in [2.45, 2.75) is 6.54 Å². The van der Waals surface area contributed by atoms with Gasteiger partial charge in [0.05, 0.1) is 16.9 Å². The van der Waals surface area contributed by atoms with Gasteiger partial charge in [-0.25, -0.2) is 4.79 Å². The Morgan fingerprint density at radius 2 is 2.26 bits per heavy atom. The molecule has 0 radical (unpaired) electrons. The number of thiophene rings is 1. The highest BCUT2D eigenvalue weighted by molar-refractivity contribution is 7.12. The van der Waals surface area contributed by atoms with Crippen molar-refractivity contribution in [3.8, 4) is 0 Å². The highest BCUT2D eigenvalue weighted by atomic mass is 32.1. The number of carboxylic acid groups (broad SMARTS) is 1. The lowest BCUT2D eigenvalue weighted by Crippen LogP contribution is -2.21. The maximum atomic E-state index is 12.0. The van der Waals surface area contributed by atoms with Gasteiger partial charge in [-0.1, -0.05) is 0 Å². The van der Waals surface area contributed by atoms with Gasteiger partial charge in [0.25, 0.3) is 5.91 Å². The smallest absolute Gasteiger partial charge is 0.328 e. The predicted octanol–water partition coefficient (Wildman–Crippen LogP) is 2.23. The Bertz CT molecular complexity index is 602. The molecule has 0 saturated heterocycles. The number of nitrogens with zero attached hydrogens (tertiary/aromatic N) is 1. The van der Waals surface area contributed by atoms with Crippen molar-refractivity contribution >= 4 is 40.6 Å². The van der Waals surface area contributed by atoms with Crippen molar-refractivity contribution in [2.24, 2.45) is 0 Å². The summed E-state index contributed by atoms with van der Waals surface area (Å²) in [5.74, 6) is -1.25. The number of aromatic nitrogens is 1. The molecule has 7 heteroatoms. The largest absolute Gasteiger partial charge is 0.478 e. The summed E-state index contributed by atoms with van der Waals surface area (Å²) >= 11 is 2.74. The van der Waals surface area contributed by atoms with Gasteiger partial charge >= 0.3 is 5.97 Å². The Balaban J connectivity index is 2.03. The second-order valence-corrected chi connectivity index (χ2v) is 5.41. The van der Waals surface area contributed by atoms with E-state index in [0.717, 1.165) is 11.0 Å². The maximum absolute atomic E-state index is 12.0. The first-order chi connectivity index (χ1) is 9.16. The van der Waals surface area contributed by atoms with E-state index in [2.05, 4.69) is 10.3 Å².